The fourth-order valence-corrected chi connectivity index (χ4v) is 4.59. The van der Waals surface area contributed by atoms with E-state index in [1.807, 2.05) is 30.0 Å². The molecule has 2 aromatic carbocycles. The molecule has 32 heavy (non-hydrogen) atoms. The lowest BCUT2D eigenvalue weighted by atomic mass is 9.98. The topological polar surface area (TPSA) is 93.9 Å². The minimum Gasteiger partial charge on any atom is -0.491 e. The first-order valence-electron chi connectivity index (χ1n) is 11.0. The zero-order chi connectivity index (χ0) is 22.7. The molecule has 0 saturated carbocycles. The molecule has 1 atom stereocenters. The minimum atomic E-state index is -0.935. The molecule has 7 heteroatoms. The molecular formula is C25H27N3O4. The normalized spacial score (nSPS) is 18.0. The third kappa shape index (κ3) is 4.46. The van der Waals surface area contributed by atoms with E-state index in [9.17, 15) is 20.0 Å². The second-order valence-corrected chi connectivity index (χ2v) is 8.35. The van der Waals surface area contributed by atoms with Gasteiger partial charge in [0.2, 0.25) is 5.91 Å². The predicted molar refractivity (Wildman–Crippen MR) is 119 cm³/mol. The molecule has 2 heterocycles. The van der Waals surface area contributed by atoms with Crippen LogP contribution in [0.25, 0.3) is 0 Å². The summed E-state index contributed by atoms with van der Waals surface area (Å²) in [6.07, 6.45) is 0.903. The number of aryl methyl sites for hydroxylation is 1. The zero-order valence-corrected chi connectivity index (χ0v) is 18.2. The fraction of sp³-hybridized carbons (Fsp3) is 0.400. The van der Waals surface area contributed by atoms with Crippen LogP contribution in [-0.2, 0) is 17.6 Å². The van der Waals surface area contributed by atoms with E-state index in [-0.39, 0.29) is 18.2 Å². The Morgan fingerprint density at radius 1 is 1.19 bits per heavy atom. The van der Waals surface area contributed by atoms with Gasteiger partial charge >= 0.3 is 5.97 Å². The molecule has 2 aliphatic heterocycles. The van der Waals surface area contributed by atoms with E-state index < -0.39 is 5.97 Å². The highest BCUT2D eigenvalue weighted by Crippen LogP contribution is 2.37. The van der Waals surface area contributed by atoms with Gasteiger partial charge in [-0.25, -0.2) is 4.79 Å². The van der Waals surface area contributed by atoms with Gasteiger partial charge in [0.15, 0.2) is 0 Å². The summed E-state index contributed by atoms with van der Waals surface area (Å²) < 4.78 is 5.79. The Hall–Kier alpha value is -3.37. The lowest BCUT2D eigenvalue weighted by molar-refractivity contribution is -0.132. The number of nitriles is 1. The third-order valence-electron chi connectivity index (χ3n) is 6.37. The summed E-state index contributed by atoms with van der Waals surface area (Å²) in [5.41, 5.74) is 3.59. The molecule has 0 bridgehead atoms. The number of carboxylic acid groups (broad SMARTS) is 1. The molecule has 0 spiro atoms. The summed E-state index contributed by atoms with van der Waals surface area (Å²) in [4.78, 5) is 28.4. The predicted octanol–water partition coefficient (Wildman–Crippen LogP) is 2.68. The molecule has 0 aliphatic carbocycles. The largest absolute Gasteiger partial charge is 0.491 e. The molecule has 7 nitrogen and oxygen atoms in total. The Morgan fingerprint density at radius 2 is 1.97 bits per heavy atom. The first-order chi connectivity index (χ1) is 15.5. The summed E-state index contributed by atoms with van der Waals surface area (Å²) in [5, 5.41) is 18.5. The van der Waals surface area contributed by atoms with Gasteiger partial charge in [0.25, 0.3) is 0 Å². The number of fused-ring (bicyclic) bond motifs is 1. The molecule has 2 aliphatic rings. The number of carboxylic acids is 1. The summed E-state index contributed by atoms with van der Waals surface area (Å²) in [7, 11) is 0. The van der Waals surface area contributed by atoms with Crippen LogP contribution in [0, 0.1) is 11.3 Å². The number of amides is 1. The average Bonchev–Trinajstić information content (AvgIpc) is 3.22. The van der Waals surface area contributed by atoms with E-state index in [1.54, 1.807) is 18.2 Å². The molecule has 166 valence electrons. The first-order valence-corrected chi connectivity index (χ1v) is 11.0. The van der Waals surface area contributed by atoms with Crippen molar-refractivity contribution < 1.29 is 19.4 Å². The van der Waals surface area contributed by atoms with E-state index in [0.29, 0.717) is 43.0 Å². The summed E-state index contributed by atoms with van der Waals surface area (Å²) >= 11 is 0. The number of nitrogens with zero attached hydrogens (tertiary/aromatic N) is 3. The second-order valence-electron chi connectivity index (χ2n) is 8.35. The maximum absolute atomic E-state index is 12.8. The maximum Gasteiger partial charge on any atom is 0.335 e. The lowest BCUT2D eigenvalue weighted by Crippen LogP contribution is -2.50. The number of carbonyl (C=O) groups excluding carboxylic acids is 1. The average molecular weight is 434 g/mol. The van der Waals surface area contributed by atoms with Crippen LogP contribution < -0.4 is 4.74 Å². The van der Waals surface area contributed by atoms with Crippen molar-refractivity contribution >= 4 is 11.9 Å². The highest BCUT2D eigenvalue weighted by molar-refractivity contribution is 5.89. The standard InChI is InChI=1S/C25H27N3O4/c1-2-18-12-17(6-7-22(18)25(30)31)13-23(29)28-10-8-27(9-11-28)15-20-16-32-24-19(14-26)4-3-5-21(20)24/h3-7,12,20H,2,8-11,13,15-16H2,1H3,(H,30,31). The number of carbonyl (C=O) groups is 2. The third-order valence-corrected chi connectivity index (χ3v) is 6.37. The molecule has 1 unspecified atom stereocenters. The Bertz CT molecular complexity index is 1070. The van der Waals surface area contributed by atoms with Gasteiger partial charge in [0, 0.05) is 44.2 Å². The molecule has 1 fully saturated rings. The summed E-state index contributed by atoms with van der Waals surface area (Å²) in [5.74, 6) is 0.0907. The van der Waals surface area contributed by atoms with Gasteiger partial charge in [-0.3, -0.25) is 9.69 Å². The van der Waals surface area contributed by atoms with Crippen LogP contribution in [-0.4, -0.2) is 66.1 Å². The number of hydrogen-bond acceptors (Lipinski definition) is 5. The fourth-order valence-electron chi connectivity index (χ4n) is 4.59. The second kappa shape index (κ2) is 9.41. The van der Waals surface area contributed by atoms with Gasteiger partial charge in [-0.2, -0.15) is 5.26 Å². The Balaban J connectivity index is 1.32. The number of ether oxygens (including phenoxy) is 1. The first kappa shape index (κ1) is 21.8. The Morgan fingerprint density at radius 3 is 2.66 bits per heavy atom. The van der Waals surface area contributed by atoms with Crippen molar-refractivity contribution in [3.8, 4) is 11.8 Å². The maximum atomic E-state index is 12.8. The SMILES string of the molecule is CCc1cc(CC(=O)N2CCN(CC3COc4c(C#N)cccc43)CC2)ccc1C(=O)O. The van der Waals surface area contributed by atoms with E-state index in [1.165, 1.54) is 0 Å². The van der Waals surface area contributed by atoms with Crippen molar-refractivity contribution in [3.63, 3.8) is 0 Å². The number of piperazine rings is 1. The summed E-state index contributed by atoms with van der Waals surface area (Å²) in [6, 6.07) is 13.1. The van der Waals surface area contributed by atoms with Crippen molar-refractivity contribution in [1.82, 2.24) is 9.80 Å². The van der Waals surface area contributed by atoms with Crippen LogP contribution in [0.15, 0.2) is 36.4 Å². The quantitative estimate of drug-likeness (QED) is 0.753. The highest BCUT2D eigenvalue weighted by atomic mass is 16.5. The molecule has 1 amide bonds. The lowest BCUT2D eigenvalue weighted by Gasteiger charge is -2.35. The van der Waals surface area contributed by atoms with Crippen LogP contribution >= 0.6 is 0 Å². The van der Waals surface area contributed by atoms with Crippen molar-refractivity contribution in [2.45, 2.75) is 25.7 Å². The number of rotatable bonds is 6. The van der Waals surface area contributed by atoms with Crippen LogP contribution in [0.1, 0.15) is 45.5 Å². The van der Waals surface area contributed by atoms with Crippen molar-refractivity contribution in [3.05, 3.63) is 64.2 Å². The molecular weight excluding hydrogens is 406 g/mol. The molecule has 0 aromatic heterocycles. The smallest absolute Gasteiger partial charge is 0.335 e. The van der Waals surface area contributed by atoms with E-state index in [4.69, 9.17) is 4.74 Å². The number of hydrogen-bond donors (Lipinski definition) is 1. The van der Waals surface area contributed by atoms with Gasteiger partial charge < -0.3 is 14.7 Å². The number of para-hydroxylation sites is 1. The van der Waals surface area contributed by atoms with Gasteiger partial charge in [-0.1, -0.05) is 31.2 Å². The monoisotopic (exact) mass is 433 g/mol. The molecule has 1 N–H and O–H groups in total. The zero-order valence-electron chi connectivity index (χ0n) is 18.2. The van der Waals surface area contributed by atoms with E-state index in [2.05, 4.69) is 11.0 Å². The number of benzene rings is 2. The molecule has 1 saturated heterocycles. The van der Waals surface area contributed by atoms with E-state index in [0.717, 1.165) is 36.3 Å². The highest BCUT2D eigenvalue weighted by Gasteiger charge is 2.30. The van der Waals surface area contributed by atoms with Crippen molar-refractivity contribution in [2.24, 2.45) is 0 Å². The Kier molecular flexibility index (Phi) is 6.42. The van der Waals surface area contributed by atoms with Crippen LogP contribution in [0.3, 0.4) is 0 Å². The Labute approximate surface area is 187 Å². The molecule has 2 aromatic rings. The van der Waals surface area contributed by atoms with Crippen LogP contribution in [0.5, 0.6) is 5.75 Å². The minimum absolute atomic E-state index is 0.0722. The van der Waals surface area contributed by atoms with Crippen molar-refractivity contribution in [2.75, 3.05) is 39.3 Å². The van der Waals surface area contributed by atoms with Gasteiger partial charge in [0.1, 0.15) is 11.8 Å². The van der Waals surface area contributed by atoms with E-state index >= 15 is 0 Å². The molecule has 0 radical (unpaired) electrons. The van der Waals surface area contributed by atoms with Crippen LogP contribution in [0.4, 0.5) is 0 Å². The van der Waals surface area contributed by atoms with Gasteiger partial charge in [-0.05, 0) is 29.7 Å². The van der Waals surface area contributed by atoms with Gasteiger partial charge in [-0.15, -0.1) is 0 Å². The van der Waals surface area contributed by atoms with Gasteiger partial charge in [0.05, 0.1) is 24.2 Å². The van der Waals surface area contributed by atoms with Crippen molar-refractivity contribution in [1.29, 1.82) is 5.26 Å². The summed E-state index contributed by atoms with van der Waals surface area (Å²) in [6.45, 7) is 6.29. The molecule has 4 rings (SSSR count). The number of aromatic carboxylic acids is 1. The van der Waals surface area contributed by atoms with Crippen LogP contribution in [0.2, 0.25) is 0 Å².